The number of hydrogen-bond acceptors (Lipinski definition) is 4. The molecule has 4 nitrogen and oxygen atoms in total. The molecule has 5 heteroatoms. The van der Waals surface area contributed by atoms with Crippen LogP contribution in [0.1, 0.15) is 31.0 Å². The number of rotatable bonds is 4. The van der Waals surface area contributed by atoms with Crippen molar-refractivity contribution in [1.29, 1.82) is 0 Å². The van der Waals surface area contributed by atoms with Gasteiger partial charge in [-0.05, 0) is 17.5 Å². The second-order valence-corrected chi connectivity index (χ2v) is 4.51. The third-order valence-corrected chi connectivity index (χ3v) is 2.68. The maximum Gasteiger partial charge on any atom is 0.222 e. The van der Waals surface area contributed by atoms with E-state index >= 15 is 0 Å². The Hall–Kier alpha value is -0.710. The molecule has 0 radical (unpaired) electrons. The van der Waals surface area contributed by atoms with Gasteiger partial charge in [-0.25, -0.2) is 9.97 Å². The molecule has 0 aromatic carbocycles. The average Bonchev–Trinajstić information content (AvgIpc) is 2.17. The molecule has 1 aromatic heterocycles. The predicted octanol–water partition coefficient (Wildman–Crippen LogP) is 2.17. The fraction of sp³-hybridized carbons (Fsp3) is 0.636. The number of hydrogen-bond donors (Lipinski definition) is 0. The van der Waals surface area contributed by atoms with Crippen molar-refractivity contribution in [3.8, 4) is 0 Å². The first-order valence-electron chi connectivity index (χ1n) is 5.37. The summed E-state index contributed by atoms with van der Waals surface area (Å²) in [4.78, 5) is 8.22. The number of halogens is 1. The van der Waals surface area contributed by atoms with Crippen molar-refractivity contribution in [2.45, 2.75) is 32.5 Å². The minimum absolute atomic E-state index is 0.218. The van der Waals surface area contributed by atoms with Crippen LogP contribution in [0.4, 0.5) is 0 Å². The standard InChI is InChI=1S/C11H15ClN2O2/c1-7(2)10-8(3-13-11(12)14-10)4-16-9-5-15-6-9/h3,7,9H,4-6H2,1-2H3. The van der Waals surface area contributed by atoms with E-state index in [0.717, 1.165) is 11.3 Å². The van der Waals surface area contributed by atoms with Crippen LogP contribution in [-0.2, 0) is 16.1 Å². The Balaban J connectivity index is 2.05. The normalized spacial score (nSPS) is 16.5. The van der Waals surface area contributed by atoms with E-state index in [1.807, 2.05) is 0 Å². The van der Waals surface area contributed by atoms with Crippen molar-refractivity contribution in [2.24, 2.45) is 0 Å². The minimum Gasteiger partial charge on any atom is -0.376 e. The quantitative estimate of drug-likeness (QED) is 0.759. The van der Waals surface area contributed by atoms with Crippen LogP contribution in [0, 0.1) is 0 Å². The number of ether oxygens (including phenoxy) is 2. The Labute approximate surface area is 99.9 Å². The van der Waals surface area contributed by atoms with Crippen molar-refractivity contribution in [3.63, 3.8) is 0 Å². The zero-order valence-electron chi connectivity index (χ0n) is 9.44. The second kappa shape index (κ2) is 5.08. The molecule has 2 heterocycles. The maximum absolute atomic E-state index is 5.78. The first-order chi connectivity index (χ1) is 7.66. The molecule has 16 heavy (non-hydrogen) atoms. The van der Waals surface area contributed by atoms with Crippen LogP contribution in [0.25, 0.3) is 0 Å². The van der Waals surface area contributed by atoms with Gasteiger partial charge in [0.15, 0.2) is 0 Å². The zero-order valence-corrected chi connectivity index (χ0v) is 10.2. The Morgan fingerprint density at radius 2 is 2.31 bits per heavy atom. The van der Waals surface area contributed by atoms with Crippen LogP contribution >= 0.6 is 11.6 Å². The summed E-state index contributed by atoms with van der Waals surface area (Å²) < 4.78 is 10.7. The van der Waals surface area contributed by atoms with Crippen molar-refractivity contribution in [3.05, 3.63) is 22.7 Å². The first-order valence-corrected chi connectivity index (χ1v) is 5.75. The topological polar surface area (TPSA) is 44.2 Å². The molecule has 0 saturated carbocycles. The van der Waals surface area contributed by atoms with Gasteiger partial charge in [0.25, 0.3) is 0 Å². The number of nitrogens with zero attached hydrogens (tertiary/aromatic N) is 2. The summed E-state index contributed by atoms with van der Waals surface area (Å²) in [6, 6.07) is 0. The Kier molecular flexibility index (Phi) is 3.74. The van der Waals surface area contributed by atoms with Gasteiger partial charge in [-0.2, -0.15) is 0 Å². The van der Waals surface area contributed by atoms with Crippen molar-refractivity contribution in [1.82, 2.24) is 9.97 Å². The molecule has 0 atom stereocenters. The lowest BCUT2D eigenvalue weighted by molar-refractivity contribution is -0.135. The van der Waals surface area contributed by atoms with Crippen LogP contribution in [-0.4, -0.2) is 29.3 Å². The molecule has 0 unspecified atom stereocenters. The van der Waals surface area contributed by atoms with Crippen LogP contribution in [0.3, 0.4) is 0 Å². The third-order valence-electron chi connectivity index (χ3n) is 2.50. The first kappa shape index (κ1) is 11.8. The highest BCUT2D eigenvalue weighted by Crippen LogP contribution is 2.20. The molecule has 88 valence electrons. The van der Waals surface area contributed by atoms with E-state index in [9.17, 15) is 0 Å². The maximum atomic E-state index is 5.78. The van der Waals surface area contributed by atoms with E-state index in [1.54, 1.807) is 6.20 Å². The molecule has 0 amide bonds. The molecule has 1 aliphatic heterocycles. The predicted molar refractivity (Wildman–Crippen MR) is 60.5 cm³/mol. The molecule has 0 bridgehead atoms. The minimum atomic E-state index is 0.218. The monoisotopic (exact) mass is 242 g/mol. The summed E-state index contributed by atoms with van der Waals surface area (Å²) >= 11 is 5.78. The largest absolute Gasteiger partial charge is 0.376 e. The van der Waals surface area contributed by atoms with Gasteiger partial charge >= 0.3 is 0 Å². The average molecular weight is 243 g/mol. The SMILES string of the molecule is CC(C)c1nc(Cl)ncc1COC1COC1. The Bertz CT molecular complexity index is 367. The van der Waals surface area contributed by atoms with E-state index in [4.69, 9.17) is 21.1 Å². The summed E-state index contributed by atoms with van der Waals surface area (Å²) in [5.74, 6) is 0.316. The van der Waals surface area contributed by atoms with Crippen molar-refractivity contribution < 1.29 is 9.47 Å². The highest BCUT2D eigenvalue weighted by Gasteiger charge is 2.20. The van der Waals surface area contributed by atoms with Gasteiger partial charge in [0.1, 0.15) is 6.10 Å². The van der Waals surface area contributed by atoms with Gasteiger partial charge in [0.2, 0.25) is 5.28 Å². The molecule has 0 spiro atoms. The lowest BCUT2D eigenvalue weighted by Crippen LogP contribution is -2.35. The van der Waals surface area contributed by atoms with Crippen LogP contribution in [0.2, 0.25) is 5.28 Å². The second-order valence-electron chi connectivity index (χ2n) is 4.17. The van der Waals surface area contributed by atoms with E-state index in [2.05, 4.69) is 23.8 Å². The van der Waals surface area contributed by atoms with E-state index in [1.165, 1.54) is 0 Å². The van der Waals surface area contributed by atoms with Gasteiger partial charge in [0.05, 0.1) is 25.5 Å². The van der Waals surface area contributed by atoms with Gasteiger partial charge in [-0.15, -0.1) is 0 Å². The fourth-order valence-electron chi connectivity index (χ4n) is 1.53. The van der Waals surface area contributed by atoms with Crippen molar-refractivity contribution in [2.75, 3.05) is 13.2 Å². The molecule has 1 aliphatic rings. The summed E-state index contributed by atoms with van der Waals surface area (Å²) in [5.41, 5.74) is 1.96. The van der Waals surface area contributed by atoms with Crippen molar-refractivity contribution >= 4 is 11.6 Å². The lowest BCUT2D eigenvalue weighted by Gasteiger charge is -2.26. The molecule has 2 rings (SSSR count). The molecule has 0 N–H and O–H groups in total. The lowest BCUT2D eigenvalue weighted by atomic mass is 10.1. The van der Waals surface area contributed by atoms with Crippen LogP contribution < -0.4 is 0 Å². The molecule has 1 fully saturated rings. The third kappa shape index (κ3) is 2.70. The van der Waals surface area contributed by atoms with Gasteiger partial charge < -0.3 is 9.47 Å². The summed E-state index contributed by atoms with van der Waals surface area (Å²) in [7, 11) is 0. The zero-order chi connectivity index (χ0) is 11.5. The molecular weight excluding hydrogens is 228 g/mol. The molecular formula is C11H15ClN2O2. The fourth-order valence-corrected chi connectivity index (χ4v) is 1.67. The van der Waals surface area contributed by atoms with Crippen LogP contribution in [0.15, 0.2) is 6.20 Å². The number of aromatic nitrogens is 2. The van der Waals surface area contributed by atoms with Crippen LogP contribution in [0.5, 0.6) is 0 Å². The molecule has 1 aromatic rings. The van der Waals surface area contributed by atoms with E-state index < -0.39 is 0 Å². The molecule has 0 aliphatic carbocycles. The molecule has 1 saturated heterocycles. The Morgan fingerprint density at radius 3 is 2.88 bits per heavy atom. The van der Waals surface area contributed by atoms with E-state index in [-0.39, 0.29) is 6.10 Å². The Morgan fingerprint density at radius 1 is 1.56 bits per heavy atom. The summed E-state index contributed by atoms with van der Waals surface area (Å²) in [6.07, 6.45) is 1.96. The van der Waals surface area contributed by atoms with E-state index in [0.29, 0.717) is 31.0 Å². The van der Waals surface area contributed by atoms with Gasteiger partial charge in [-0.3, -0.25) is 0 Å². The van der Waals surface area contributed by atoms with Gasteiger partial charge in [0, 0.05) is 11.8 Å². The highest BCUT2D eigenvalue weighted by molar-refractivity contribution is 6.28. The highest BCUT2D eigenvalue weighted by atomic mass is 35.5. The summed E-state index contributed by atoms with van der Waals surface area (Å²) in [5, 5.41) is 0.291. The van der Waals surface area contributed by atoms with Gasteiger partial charge in [-0.1, -0.05) is 13.8 Å². The smallest absolute Gasteiger partial charge is 0.222 e. The summed E-state index contributed by atoms with van der Waals surface area (Å²) in [6.45, 7) is 6.05.